The number of rotatable bonds is 10. The number of ether oxygens (including phenoxy) is 1. The van der Waals surface area contributed by atoms with Crippen LogP contribution >= 0.6 is 11.8 Å². The van der Waals surface area contributed by atoms with E-state index >= 15 is 0 Å². The molecule has 192 valence electrons. The molecule has 0 saturated carbocycles. The number of hydrogen-bond acceptors (Lipinski definition) is 6. The van der Waals surface area contributed by atoms with Crippen LogP contribution in [-0.2, 0) is 4.79 Å². The molecule has 0 radical (unpaired) electrons. The minimum absolute atomic E-state index is 0.116. The van der Waals surface area contributed by atoms with Gasteiger partial charge in [-0.25, -0.2) is 8.78 Å². The maximum Gasteiger partial charge on any atom is 0.308 e. The number of halogens is 2. The molecule has 0 aliphatic carbocycles. The monoisotopic (exact) mass is 516 g/mol. The highest BCUT2D eigenvalue weighted by Crippen LogP contribution is 2.35. The number of aliphatic hydroxyl groups is 1. The zero-order chi connectivity index (χ0) is 25.7. The molecule has 4 rings (SSSR count). The van der Waals surface area contributed by atoms with Gasteiger partial charge in [-0.1, -0.05) is 6.07 Å². The second-order valence-corrected chi connectivity index (χ2v) is 10.3. The lowest BCUT2D eigenvalue weighted by molar-refractivity contribution is -0.146. The fourth-order valence-electron chi connectivity index (χ4n) is 4.90. The molecule has 6 nitrogen and oxygen atoms in total. The Bertz CT molecular complexity index is 1210. The molecule has 9 heteroatoms. The first kappa shape index (κ1) is 26.3. The lowest BCUT2D eigenvalue weighted by Gasteiger charge is -2.37. The largest absolute Gasteiger partial charge is 0.497 e. The molecule has 0 amide bonds. The maximum atomic E-state index is 14.7. The summed E-state index contributed by atoms with van der Waals surface area (Å²) >= 11 is 1.54. The van der Waals surface area contributed by atoms with Gasteiger partial charge in [-0.15, -0.1) is 11.8 Å². The van der Waals surface area contributed by atoms with Crippen molar-refractivity contribution < 1.29 is 28.5 Å². The Hall–Kier alpha value is -2.75. The van der Waals surface area contributed by atoms with Gasteiger partial charge in [-0.2, -0.15) is 0 Å². The number of nitrogens with zero attached hydrogens (tertiary/aromatic N) is 2. The fourth-order valence-corrected chi connectivity index (χ4v) is 5.85. The van der Waals surface area contributed by atoms with Crippen LogP contribution in [0.15, 0.2) is 53.6 Å². The summed E-state index contributed by atoms with van der Waals surface area (Å²) in [6.45, 7) is 1.87. The molecule has 0 bridgehead atoms. The number of methoxy groups -OCH3 is 1. The number of aliphatic hydroxyl groups excluding tert-OH is 1. The van der Waals surface area contributed by atoms with Crippen LogP contribution in [0.3, 0.4) is 0 Å². The van der Waals surface area contributed by atoms with Crippen LogP contribution in [0.2, 0.25) is 0 Å². The first-order valence-corrected chi connectivity index (χ1v) is 13.0. The quantitative estimate of drug-likeness (QED) is 0.361. The van der Waals surface area contributed by atoms with Gasteiger partial charge in [0.1, 0.15) is 17.4 Å². The first-order chi connectivity index (χ1) is 17.4. The second kappa shape index (κ2) is 12.0. The van der Waals surface area contributed by atoms with E-state index in [1.54, 1.807) is 36.0 Å². The number of piperidine rings is 1. The minimum Gasteiger partial charge on any atom is -0.497 e. The van der Waals surface area contributed by atoms with Crippen LogP contribution in [0.4, 0.5) is 8.78 Å². The number of aromatic nitrogens is 1. The summed E-state index contributed by atoms with van der Waals surface area (Å²) in [6, 6.07) is 11.5. The Kier molecular flexibility index (Phi) is 8.77. The third kappa shape index (κ3) is 6.32. The maximum absolute atomic E-state index is 14.7. The Morgan fingerprint density at radius 3 is 2.86 bits per heavy atom. The molecular weight excluding hydrogens is 486 g/mol. The molecule has 2 aromatic carbocycles. The van der Waals surface area contributed by atoms with E-state index in [0.29, 0.717) is 42.6 Å². The fraction of sp³-hybridized carbons (Fsp3) is 0.407. The van der Waals surface area contributed by atoms with Gasteiger partial charge in [0.05, 0.1) is 30.8 Å². The summed E-state index contributed by atoms with van der Waals surface area (Å²) in [5.74, 6) is -1.13. The average Bonchev–Trinajstić information content (AvgIpc) is 2.87. The Balaban J connectivity index is 1.36. The number of pyridine rings is 1. The molecular formula is C27H30F2N2O4S. The molecule has 3 atom stereocenters. The smallest absolute Gasteiger partial charge is 0.308 e. The zero-order valence-electron chi connectivity index (χ0n) is 20.1. The predicted molar refractivity (Wildman–Crippen MR) is 135 cm³/mol. The molecule has 1 aliphatic heterocycles. The molecule has 3 aromatic rings. The van der Waals surface area contributed by atoms with Gasteiger partial charge in [0.15, 0.2) is 0 Å². The lowest BCUT2D eigenvalue weighted by atomic mass is 9.81. The molecule has 1 aliphatic rings. The SMILES string of the molecule is COc1ccc2ncc(F)c([C@H](O)CCC3CCN(CCSc4cccc(F)c4)CC3C(=O)O)c2c1. The number of likely N-dealkylation sites (tertiary alicyclic amines) is 1. The number of aliphatic carboxylic acids is 1. The van der Waals surface area contributed by atoms with Crippen LogP contribution in [0.5, 0.6) is 5.75 Å². The number of fused-ring (bicyclic) bond motifs is 1. The summed E-state index contributed by atoms with van der Waals surface area (Å²) in [7, 11) is 1.52. The number of carbonyl (C=O) groups is 1. The van der Waals surface area contributed by atoms with Crippen molar-refractivity contribution in [1.29, 1.82) is 0 Å². The van der Waals surface area contributed by atoms with Gasteiger partial charge in [-0.3, -0.25) is 9.78 Å². The van der Waals surface area contributed by atoms with Crippen LogP contribution in [0.1, 0.15) is 30.9 Å². The van der Waals surface area contributed by atoms with E-state index in [0.717, 1.165) is 23.4 Å². The van der Waals surface area contributed by atoms with Crippen LogP contribution < -0.4 is 4.74 Å². The third-order valence-corrected chi connectivity index (χ3v) is 7.82. The third-order valence-electron chi connectivity index (χ3n) is 6.84. The van der Waals surface area contributed by atoms with E-state index in [4.69, 9.17) is 4.74 Å². The average molecular weight is 517 g/mol. The van der Waals surface area contributed by atoms with Crippen LogP contribution in [-0.4, -0.2) is 58.6 Å². The van der Waals surface area contributed by atoms with E-state index < -0.39 is 23.8 Å². The van der Waals surface area contributed by atoms with Crippen molar-refractivity contribution in [3.05, 3.63) is 65.9 Å². The molecule has 0 spiro atoms. The molecule has 1 saturated heterocycles. The summed E-state index contributed by atoms with van der Waals surface area (Å²) < 4.78 is 33.3. The van der Waals surface area contributed by atoms with Gasteiger partial charge in [0.2, 0.25) is 0 Å². The lowest BCUT2D eigenvalue weighted by Crippen LogP contribution is -2.44. The van der Waals surface area contributed by atoms with Crippen molar-refractivity contribution in [2.45, 2.75) is 30.3 Å². The first-order valence-electron chi connectivity index (χ1n) is 12.0. The van der Waals surface area contributed by atoms with Crippen molar-refractivity contribution in [3.8, 4) is 5.75 Å². The number of carboxylic acid groups (broad SMARTS) is 1. The standard InChI is InChI=1S/C27H30F2N2O4S/c1-35-19-6-7-24-21(14-19)26(23(29)15-30-24)25(32)8-5-17-9-10-31(16-22(17)27(33)34)11-12-36-20-4-2-3-18(28)13-20/h2-4,6-7,13-15,17,22,25,32H,5,8-12,16H2,1H3,(H,33,34)/t17?,22?,25-/m1/s1. The summed E-state index contributed by atoms with van der Waals surface area (Å²) in [4.78, 5) is 19.1. The van der Waals surface area contributed by atoms with Crippen LogP contribution in [0, 0.1) is 23.5 Å². The highest BCUT2D eigenvalue weighted by atomic mass is 32.2. The van der Waals surface area contributed by atoms with Gasteiger partial charge < -0.3 is 19.8 Å². The Labute approximate surface area is 213 Å². The van der Waals surface area contributed by atoms with Gasteiger partial charge in [0.25, 0.3) is 0 Å². The van der Waals surface area contributed by atoms with E-state index in [-0.39, 0.29) is 23.7 Å². The summed E-state index contributed by atoms with van der Waals surface area (Å²) in [5.41, 5.74) is 0.719. The molecule has 36 heavy (non-hydrogen) atoms. The van der Waals surface area contributed by atoms with E-state index in [1.807, 2.05) is 6.07 Å². The molecule has 2 unspecified atom stereocenters. The molecule has 1 fully saturated rings. The Morgan fingerprint density at radius 2 is 2.11 bits per heavy atom. The predicted octanol–water partition coefficient (Wildman–Crippen LogP) is 5.15. The Morgan fingerprint density at radius 1 is 1.28 bits per heavy atom. The minimum atomic E-state index is -1.09. The second-order valence-electron chi connectivity index (χ2n) is 9.10. The summed E-state index contributed by atoms with van der Waals surface area (Å²) in [6.07, 6.45) is 1.42. The zero-order valence-corrected chi connectivity index (χ0v) is 20.9. The van der Waals surface area contributed by atoms with Crippen molar-refractivity contribution in [1.82, 2.24) is 9.88 Å². The number of hydrogen-bond donors (Lipinski definition) is 2. The molecule has 2 N–H and O–H groups in total. The molecule has 2 heterocycles. The van der Waals surface area contributed by atoms with Crippen molar-refractivity contribution >= 4 is 28.6 Å². The van der Waals surface area contributed by atoms with Crippen molar-refractivity contribution in [3.63, 3.8) is 0 Å². The highest BCUT2D eigenvalue weighted by Gasteiger charge is 2.34. The number of carboxylic acids is 1. The molecule has 1 aromatic heterocycles. The number of benzene rings is 2. The van der Waals surface area contributed by atoms with Gasteiger partial charge >= 0.3 is 5.97 Å². The normalized spacial score (nSPS) is 19.3. The highest BCUT2D eigenvalue weighted by molar-refractivity contribution is 7.99. The number of thioether (sulfide) groups is 1. The topological polar surface area (TPSA) is 82.9 Å². The van der Waals surface area contributed by atoms with E-state index in [1.165, 1.54) is 19.2 Å². The van der Waals surface area contributed by atoms with E-state index in [9.17, 15) is 23.8 Å². The van der Waals surface area contributed by atoms with Gasteiger partial charge in [0, 0.05) is 34.7 Å². The van der Waals surface area contributed by atoms with Gasteiger partial charge in [-0.05, 0) is 68.1 Å². The van der Waals surface area contributed by atoms with Crippen LogP contribution in [0.25, 0.3) is 10.9 Å². The van der Waals surface area contributed by atoms with Crippen molar-refractivity contribution in [2.75, 3.05) is 32.5 Å². The summed E-state index contributed by atoms with van der Waals surface area (Å²) in [5, 5.41) is 21.3. The van der Waals surface area contributed by atoms with Crippen molar-refractivity contribution in [2.24, 2.45) is 11.8 Å². The van der Waals surface area contributed by atoms with E-state index in [2.05, 4.69) is 9.88 Å².